The standard InChI is InChI=1S/C24H16Cl5N3O4/c25-12-7-11(8-13(26)9-12)19-20(24(19,28)29)22(34)31-16-5-6-18(27)17(10-16)21(33)30-14-1-3-15(4-2-14)32-23(35)36/h1-10,19-20,32H,(H,30,33)(H,31,34)(H,35,36). The summed E-state index contributed by atoms with van der Waals surface area (Å²) in [5.74, 6) is -2.28. The molecule has 2 unspecified atom stereocenters. The van der Waals surface area contributed by atoms with E-state index in [1.807, 2.05) is 0 Å². The summed E-state index contributed by atoms with van der Waals surface area (Å²) >= 11 is 31.2. The highest BCUT2D eigenvalue weighted by atomic mass is 35.5. The van der Waals surface area contributed by atoms with Crippen molar-refractivity contribution >= 4 is 93.0 Å². The predicted molar refractivity (Wildman–Crippen MR) is 143 cm³/mol. The first-order valence-corrected chi connectivity index (χ1v) is 12.2. The third-order valence-electron chi connectivity index (χ3n) is 5.45. The average Bonchev–Trinajstić information content (AvgIpc) is 3.37. The molecule has 1 aliphatic rings. The number of nitrogens with one attached hydrogen (secondary N) is 3. The fourth-order valence-corrected chi connectivity index (χ4v) is 5.35. The second-order valence-electron chi connectivity index (χ2n) is 7.98. The average molecular weight is 588 g/mol. The lowest BCUT2D eigenvalue weighted by Crippen LogP contribution is -2.18. The van der Waals surface area contributed by atoms with Crippen LogP contribution in [0.25, 0.3) is 0 Å². The Morgan fingerprint density at radius 3 is 1.89 bits per heavy atom. The molecule has 0 heterocycles. The van der Waals surface area contributed by atoms with E-state index in [9.17, 15) is 14.4 Å². The van der Waals surface area contributed by atoms with Crippen molar-refractivity contribution in [3.05, 3.63) is 86.9 Å². The van der Waals surface area contributed by atoms with Gasteiger partial charge in [-0.05, 0) is 66.2 Å². The van der Waals surface area contributed by atoms with Gasteiger partial charge in [0, 0.05) is 33.0 Å². The van der Waals surface area contributed by atoms with Gasteiger partial charge >= 0.3 is 6.09 Å². The highest BCUT2D eigenvalue weighted by Gasteiger charge is 2.67. The highest BCUT2D eigenvalue weighted by Crippen LogP contribution is 2.65. The van der Waals surface area contributed by atoms with E-state index in [1.165, 1.54) is 36.4 Å². The molecule has 0 aromatic heterocycles. The smallest absolute Gasteiger partial charge is 0.409 e. The number of carbonyl (C=O) groups excluding carboxylic acids is 2. The lowest BCUT2D eigenvalue weighted by Gasteiger charge is -2.11. The van der Waals surface area contributed by atoms with Crippen molar-refractivity contribution in [2.75, 3.05) is 16.0 Å². The first-order chi connectivity index (χ1) is 17.0. The fourth-order valence-electron chi connectivity index (χ4n) is 3.78. The lowest BCUT2D eigenvalue weighted by atomic mass is 10.1. The van der Waals surface area contributed by atoms with Gasteiger partial charge in [0.05, 0.1) is 16.5 Å². The van der Waals surface area contributed by atoms with Crippen molar-refractivity contribution in [1.29, 1.82) is 0 Å². The van der Waals surface area contributed by atoms with Gasteiger partial charge in [-0.3, -0.25) is 14.9 Å². The molecule has 1 fully saturated rings. The molecule has 7 nitrogen and oxygen atoms in total. The van der Waals surface area contributed by atoms with Gasteiger partial charge in [-0.1, -0.05) is 34.8 Å². The van der Waals surface area contributed by atoms with Crippen molar-refractivity contribution in [2.45, 2.75) is 10.3 Å². The fraction of sp³-hybridized carbons (Fsp3) is 0.125. The normalized spacial score (nSPS) is 17.7. The van der Waals surface area contributed by atoms with E-state index in [0.29, 0.717) is 32.7 Å². The van der Waals surface area contributed by atoms with E-state index in [1.54, 1.807) is 24.3 Å². The van der Waals surface area contributed by atoms with Crippen LogP contribution in [0.4, 0.5) is 21.9 Å². The second kappa shape index (κ2) is 10.4. The largest absolute Gasteiger partial charge is 0.465 e. The molecule has 4 rings (SSSR count). The summed E-state index contributed by atoms with van der Waals surface area (Å²) in [6.45, 7) is 0. The van der Waals surface area contributed by atoms with Crippen molar-refractivity contribution < 1.29 is 19.5 Å². The Labute approximate surface area is 230 Å². The number of carbonyl (C=O) groups is 3. The molecule has 1 saturated carbocycles. The van der Waals surface area contributed by atoms with Crippen LogP contribution in [-0.4, -0.2) is 27.3 Å². The minimum atomic E-state index is -1.35. The zero-order valence-corrected chi connectivity index (χ0v) is 21.8. The van der Waals surface area contributed by atoms with E-state index in [2.05, 4.69) is 16.0 Å². The summed E-state index contributed by atoms with van der Waals surface area (Å²) in [5, 5.41) is 17.3. The summed E-state index contributed by atoms with van der Waals surface area (Å²) < 4.78 is -1.35. The van der Waals surface area contributed by atoms with Crippen molar-refractivity contribution in [2.24, 2.45) is 5.92 Å². The number of rotatable bonds is 6. The Morgan fingerprint density at radius 2 is 1.31 bits per heavy atom. The zero-order valence-electron chi connectivity index (χ0n) is 18.0. The molecule has 36 heavy (non-hydrogen) atoms. The van der Waals surface area contributed by atoms with E-state index in [4.69, 9.17) is 63.1 Å². The van der Waals surface area contributed by atoms with Crippen LogP contribution in [0.1, 0.15) is 21.8 Å². The summed E-state index contributed by atoms with van der Waals surface area (Å²) in [6, 6.07) is 15.3. The van der Waals surface area contributed by atoms with Crippen LogP contribution < -0.4 is 16.0 Å². The maximum absolute atomic E-state index is 13.0. The van der Waals surface area contributed by atoms with Crippen LogP contribution >= 0.6 is 58.0 Å². The van der Waals surface area contributed by atoms with Gasteiger partial charge in [0.25, 0.3) is 5.91 Å². The number of amides is 3. The van der Waals surface area contributed by atoms with Crippen LogP contribution in [0.15, 0.2) is 60.7 Å². The Bertz CT molecular complexity index is 1340. The number of hydrogen-bond donors (Lipinski definition) is 4. The van der Waals surface area contributed by atoms with Gasteiger partial charge in [-0.15, -0.1) is 23.2 Å². The van der Waals surface area contributed by atoms with E-state index >= 15 is 0 Å². The Hall–Kier alpha value is -2.68. The summed E-state index contributed by atoms with van der Waals surface area (Å²) in [6.07, 6.45) is -1.20. The number of anilines is 3. The minimum Gasteiger partial charge on any atom is -0.465 e. The molecule has 3 amide bonds. The van der Waals surface area contributed by atoms with E-state index in [0.717, 1.165) is 0 Å². The van der Waals surface area contributed by atoms with Crippen molar-refractivity contribution in [3.63, 3.8) is 0 Å². The Kier molecular flexibility index (Phi) is 7.59. The quantitative estimate of drug-likeness (QED) is 0.224. The van der Waals surface area contributed by atoms with Gasteiger partial charge in [0.2, 0.25) is 5.91 Å². The van der Waals surface area contributed by atoms with Crippen molar-refractivity contribution in [3.8, 4) is 0 Å². The number of halogens is 5. The molecule has 3 aromatic carbocycles. The summed E-state index contributed by atoms with van der Waals surface area (Å²) in [4.78, 5) is 36.5. The van der Waals surface area contributed by atoms with Gasteiger partial charge in [-0.25, -0.2) is 4.79 Å². The summed E-state index contributed by atoms with van der Waals surface area (Å²) in [5.41, 5.74) is 1.82. The minimum absolute atomic E-state index is 0.110. The van der Waals surface area contributed by atoms with E-state index < -0.39 is 34.1 Å². The molecule has 0 bridgehead atoms. The van der Waals surface area contributed by atoms with Crippen LogP contribution in [0, 0.1) is 5.92 Å². The molecule has 4 N–H and O–H groups in total. The Morgan fingerprint density at radius 1 is 0.750 bits per heavy atom. The third kappa shape index (κ3) is 5.82. The van der Waals surface area contributed by atoms with E-state index in [-0.39, 0.29) is 10.6 Å². The lowest BCUT2D eigenvalue weighted by molar-refractivity contribution is -0.117. The first-order valence-electron chi connectivity index (χ1n) is 10.3. The monoisotopic (exact) mass is 585 g/mol. The van der Waals surface area contributed by atoms with Gasteiger partial charge in [0.1, 0.15) is 4.33 Å². The molecule has 0 spiro atoms. The number of benzene rings is 3. The maximum atomic E-state index is 13.0. The molecule has 3 aromatic rings. The van der Waals surface area contributed by atoms with Crippen LogP contribution in [0.2, 0.25) is 15.1 Å². The first kappa shape index (κ1) is 26.4. The topological polar surface area (TPSA) is 108 Å². The van der Waals surface area contributed by atoms with Crippen LogP contribution in [-0.2, 0) is 4.79 Å². The molecule has 2 atom stereocenters. The molecule has 0 radical (unpaired) electrons. The summed E-state index contributed by atoms with van der Waals surface area (Å²) in [7, 11) is 0. The molecule has 0 aliphatic heterocycles. The van der Waals surface area contributed by atoms with Crippen LogP contribution in [0.3, 0.4) is 0 Å². The molecular formula is C24H16Cl5N3O4. The number of alkyl halides is 2. The van der Waals surface area contributed by atoms with Gasteiger partial charge < -0.3 is 15.7 Å². The SMILES string of the molecule is O=C(O)Nc1ccc(NC(=O)c2cc(NC(=O)C3C(c4cc(Cl)cc(Cl)c4)C3(Cl)Cl)ccc2Cl)cc1. The zero-order chi connectivity index (χ0) is 26.2. The number of carboxylic acid groups (broad SMARTS) is 1. The predicted octanol–water partition coefficient (Wildman–Crippen LogP) is 7.52. The Balaban J connectivity index is 1.47. The molecule has 12 heteroatoms. The molecule has 0 saturated heterocycles. The highest BCUT2D eigenvalue weighted by molar-refractivity contribution is 6.53. The maximum Gasteiger partial charge on any atom is 0.409 e. The van der Waals surface area contributed by atoms with Gasteiger partial charge in [0.15, 0.2) is 0 Å². The van der Waals surface area contributed by atoms with Gasteiger partial charge in [-0.2, -0.15) is 0 Å². The molecule has 186 valence electrons. The third-order valence-corrected chi connectivity index (χ3v) is 7.16. The van der Waals surface area contributed by atoms with Crippen molar-refractivity contribution in [1.82, 2.24) is 0 Å². The van der Waals surface area contributed by atoms with Crippen LogP contribution in [0.5, 0.6) is 0 Å². The number of hydrogen-bond acceptors (Lipinski definition) is 3. The molecule has 1 aliphatic carbocycles. The molecular weight excluding hydrogens is 572 g/mol. The second-order valence-corrected chi connectivity index (χ2v) is 10.7.